The molecule has 0 aliphatic heterocycles. The molecular weight excluding hydrogens is 164 g/mol. The van der Waals surface area contributed by atoms with Crippen molar-refractivity contribution in [1.29, 1.82) is 0 Å². The highest BCUT2D eigenvalue weighted by Crippen LogP contribution is 2.16. The van der Waals surface area contributed by atoms with Gasteiger partial charge in [0.1, 0.15) is 0 Å². The highest BCUT2D eigenvalue weighted by atomic mass is 16.2. The number of ketones is 1. The minimum atomic E-state index is -0.501. The first-order valence-electron chi connectivity index (χ1n) is 3.96. The highest BCUT2D eigenvalue weighted by molar-refractivity contribution is 6.28. The van der Waals surface area contributed by atoms with Gasteiger partial charge in [-0.2, -0.15) is 0 Å². The van der Waals surface area contributed by atoms with E-state index in [1.54, 1.807) is 12.1 Å². The highest BCUT2D eigenvalue weighted by Gasteiger charge is 2.14. The summed E-state index contributed by atoms with van der Waals surface area (Å²) in [6, 6.07) is 9.10. The molecule has 13 heavy (non-hydrogen) atoms. The van der Waals surface area contributed by atoms with Crippen LogP contribution in [-0.4, -0.2) is 12.1 Å². The van der Waals surface area contributed by atoms with E-state index in [1.165, 1.54) is 6.08 Å². The zero-order valence-corrected chi connectivity index (χ0v) is 7.14. The third-order valence-electron chi connectivity index (χ3n) is 1.82. The van der Waals surface area contributed by atoms with Crippen LogP contribution in [0.2, 0.25) is 0 Å². The second-order valence-electron chi connectivity index (χ2n) is 2.64. The van der Waals surface area contributed by atoms with Crippen LogP contribution in [0.1, 0.15) is 11.5 Å². The largest absolute Gasteiger partial charge is 0.295 e. The number of benzene rings is 1. The number of hydrogen-bond acceptors (Lipinski definition) is 2. The van der Waals surface area contributed by atoms with Crippen molar-refractivity contribution in [2.45, 2.75) is 5.92 Å². The van der Waals surface area contributed by atoms with Crippen molar-refractivity contribution in [3.63, 3.8) is 0 Å². The van der Waals surface area contributed by atoms with Crippen molar-refractivity contribution in [2.75, 3.05) is 0 Å². The van der Waals surface area contributed by atoms with Gasteiger partial charge in [-0.25, -0.2) is 0 Å². The standard InChI is InChI=1S/C11H10O2/c1-2-10(11(13)8-12)9-6-4-3-5-7-9/h2-8,10H,1H2. The Morgan fingerprint density at radius 2 is 1.92 bits per heavy atom. The van der Waals surface area contributed by atoms with E-state index in [0.29, 0.717) is 6.29 Å². The first-order valence-corrected chi connectivity index (χ1v) is 3.96. The lowest BCUT2D eigenvalue weighted by Gasteiger charge is -2.06. The number of rotatable bonds is 4. The lowest BCUT2D eigenvalue weighted by atomic mass is 9.96. The van der Waals surface area contributed by atoms with Gasteiger partial charge in [0.25, 0.3) is 0 Å². The predicted molar refractivity (Wildman–Crippen MR) is 50.5 cm³/mol. The zero-order valence-electron chi connectivity index (χ0n) is 7.14. The summed E-state index contributed by atoms with van der Waals surface area (Å²) in [7, 11) is 0. The molecular formula is C11H10O2. The van der Waals surface area contributed by atoms with E-state index in [4.69, 9.17) is 0 Å². The molecule has 0 aromatic heterocycles. The fourth-order valence-electron chi connectivity index (χ4n) is 1.15. The monoisotopic (exact) mass is 174 g/mol. The van der Waals surface area contributed by atoms with Crippen molar-refractivity contribution in [2.24, 2.45) is 0 Å². The van der Waals surface area contributed by atoms with Gasteiger partial charge >= 0.3 is 0 Å². The Labute approximate surface area is 76.9 Å². The van der Waals surface area contributed by atoms with Crippen LogP contribution in [0, 0.1) is 0 Å². The van der Waals surface area contributed by atoms with Crippen molar-refractivity contribution < 1.29 is 9.59 Å². The minimum absolute atomic E-state index is 0.333. The molecule has 0 bridgehead atoms. The molecule has 1 aromatic carbocycles. The quantitative estimate of drug-likeness (QED) is 0.395. The van der Waals surface area contributed by atoms with Crippen molar-refractivity contribution >= 4 is 12.1 Å². The topological polar surface area (TPSA) is 34.1 Å². The summed E-state index contributed by atoms with van der Waals surface area (Å²) in [6.07, 6.45) is 1.81. The Morgan fingerprint density at radius 3 is 2.38 bits per heavy atom. The van der Waals surface area contributed by atoms with Gasteiger partial charge in [-0.3, -0.25) is 9.59 Å². The van der Waals surface area contributed by atoms with E-state index in [2.05, 4.69) is 6.58 Å². The predicted octanol–water partition coefficient (Wildman–Crippen LogP) is 1.72. The summed E-state index contributed by atoms with van der Waals surface area (Å²) >= 11 is 0. The summed E-state index contributed by atoms with van der Waals surface area (Å²) in [5.41, 5.74) is 0.801. The normalized spacial score (nSPS) is 11.7. The Balaban J connectivity index is 2.97. The van der Waals surface area contributed by atoms with Gasteiger partial charge < -0.3 is 0 Å². The second-order valence-corrected chi connectivity index (χ2v) is 2.64. The van der Waals surface area contributed by atoms with Crippen LogP contribution < -0.4 is 0 Å². The molecule has 1 aromatic rings. The molecule has 0 heterocycles. The van der Waals surface area contributed by atoms with Crippen LogP contribution in [0.3, 0.4) is 0 Å². The van der Waals surface area contributed by atoms with Crippen LogP contribution in [0.25, 0.3) is 0 Å². The first kappa shape index (κ1) is 9.39. The van der Waals surface area contributed by atoms with Crippen LogP contribution in [0.4, 0.5) is 0 Å². The molecule has 0 radical (unpaired) electrons. The number of Topliss-reactive ketones (excluding diaryl/α,β-unsaturated/α-hetero) is 1. The summed E-state index contributed by atoms with van der Waals surface area (Å²) < 4.78 is 0. The van der Waals surface area contributed by atoms with Gasteiger partial charge in [0.2, 0.25) is 5.78 Å². The van der Waals surface area contributed by atoms with E-state index in [-0.39, 0.29) is 0 Å². The lowest BCUT2D eigenvalue weighted by molar-refractivity contribution is -0.130. The number of carbonyl (C=O) groups excluding carboxylic acids is 2. The van der Waals surface area contributed by atoms with Crippen molar-refractivity contribution in [1.82, 2.24) is 0 Å². The summed E-state index contributed by atoms with van der Waals surface area (Å²) in [5.74, 6) is -0.958. The molecule has 0 amide bonds. The van der Waals surface area contributed by atoms with Gasteiger partial charge in [0.05, 0.1) is 5.92 Å². The summed E-state index contributed by atoms with van der Waals surface area (Å²) in [5, 5.41) is 0. The van der Waals surface area contributed by atoms with E-state index < -0.39 is 11.7 Å². The Kier molecular flexibility index (Phi) is 3.15. The summed E-state index contributed by atoms with van der Waals surface area (Å²) in [6.45, 7) is 3.53. The van der Waals surface area contributed by atoms with Crippen molar-refractivity contribution in [3.8, 4) is 0 Å². The average molecular weight is 174 g/mol. The third kappa shape index (κ3) is 2.12. The lowest BCUT2D eigenvalue weighted by Crippen LogP contribution is -2.10. The fraction of sp³-hybridized carbons (Fsp3) is 0.0909. The SMILES string of the molecule is C=CC(C(=O)C=O)c1ccccc1. The van der Waals surface area contributed by atoms with Gasteiger partial charge in [-0.1, -0.05) is 36.4 Å². The Hall–Kier alpha value is -1.70. The molecule has 1 atom stereocenters. The first-order chi connectivity index (χ1) is 6.29. The molecule has 0 fully saturated rings. The maximum atomic E-state index is 11.1. The Bertz CT molecular complexity index is 314. The van der Waals surface area contributed by atoms with Crippen LogP contribution >= 0.6 is 0 Å². The smallest absolute Gasteiger partial charge is 0.206 e. The molecule has 0 aliphatic carbocycles. The molecule has 0 saturated heterocycles. The molecule has 66 valence electrons. The summed E-state index contributed by atoms with van der Waals surface area (Å²) in [4.78, 5) is 21.4. The number of carbonyl (C=O) groups is 2. The van der Waals surface area contributed by atoms with E-state index in [1.807, 2.05) is 18.2 Å². The molecule has 0 saturated carbocycles. The van der Waals surface area contributed by atoms with Crippen molar-refractivity contribution in [3.05, 3.63) is 48.6 Å². The number of hydrogen-bond donors (Lipinski definition) is 0. The van der Waals surface area contributed by atoms with Gasteiger partial charge in [-0.15, -0.1) is 6.58 Å². The average Bonchev–Trinajstić information content (AvgIpc) is 2.20. The number of allylic oxidation sites excluding steroid dienone is 1. The van der Waals surface area contributed by atoms with E-state index >= 15 is 0 Å². The second kappa shape index (κ2) is 4.36. The molecule has 0 aliphatic rings. The maximum absolute atomic E-state index is 11.1. The molecule has 1 rings (SSSR count). The van der Waals surface area contributed by atoms with Gasteiger partial charge in [0, 0.05) is 0 Å². The maximum Gasteiger partial charge on any atom is 0.206 e. The van der Waals surface area contributed by atoms with Gasteiger partial charge in [0.15, 0.2) is 6.29 Å². The number of aldehydes is 1. The van der Waals surface area contributed by atoms with E-state index in [9.17, 15) is 9.59 Å². The molecule has 1 unspecified atom stereocenters. The molecule has 0 spiro atoms. The molecule has 2 nitrogen and oxygen atoms in total. The fourth-order valence-corrected chi connectivity index (χ4v) is 1.15. The van der Waals surface area contributed by atoms with Crippen LogP contribution in [0.5, 0.6) is 0 Å². The van der Waals surface area contributed by atoms with E-state index in [0.717, 1.165) is 5.56 Å². The molecule has 2 heteroatoms. The Morgan fingerprint density at radius 1 is 1.31 bits per heavy atom. The van der Waals surface area contributed by atoms with Gasteiger partial charge in [-0.05, 0) is 5.56 Å². The van der Waals surface area contributed by atoms with Crippen LogP contribution in [-0.2, 0) is 9.59 Å². The third-order valence-corrected chi connectivity index (χ3v) is 1.82. The van der Waals surface area contributed by atoms with Crippen LogP contribution in [0.15, 0.2) is 43.0 Å². The zero-order chi connectivity index (χ0) is 9.68. The molecule has 0 N–H and O–H groups in total. The minimum Gasteiger partial charge on any atom is -0.295 e.